The lowest BCUT2D eigenvalue weighted by Gasteiger charge is -2.23. The molecule has 1 heterocycles. The van der Waals surface area contributed by atoms with Crippen LogP contribution in [0.5, 0.6) is 11.5 Å². The summed E-state index contributed by atoms with van der Waals surface area (Å²) < 4.78 is 11.9. The van der Waals surface area contributed by atoms with Crippen molar-refractivity contribution in [1.29, 1.82) is 0 Å². The van der Waals surface area contributed by atoms with Crippen LogP contribution in [0.3, 0.4) is 0 Å². The van der Waals surface area contributed by atoms with Crippen LogP contribution in [0, 0.1) is 0 Å². The first-order chi connectivity index (χ1) is 12.6. The minimum Gasteiger partial charge on any atom is -0.497 e. The van der Waals surface area contributed by atoms with Gasteiger partial charge >= 0.3 is 0 Å². The highest BCUT2D eigenvalue weighted by molar-refractivity contribution is 9.10. The molecule has 0 radical (unpaired) electrons. The fourth-order valence-electron chi connectivity index (χ4n) is 3.55. The van der Waals surface area contributed by atoms with E-state index in [2.05, 4.69) is 21.2 Å². The Hall–Kier alpha value is -2.05. The van der Waals surface area contributed by atoms with Gasteiger partial charge in [-0.15, -0.1) is 0 Å². The van der Waals surface area contributed by atoms with Gasteiger partial charge in [0.25, 0.3) is 5.91 Å². The highest BCUT2D eigenvalue weighted by Crippen LogP contribution is 2.31. The van der Waals surface area contributed by atoms with Gasteiger partial charge in [-0.05, 0) is 42.5 Å². The van der Waals surface area contributed by atoms with Crippen molar-refractivity contribution in [1.82, 2.24) is 0 Å². The van der Waals surface area contributed by atoms with Gasteiger partial charge in [-0.1, -0.05) is 15.9 Å². The van der Waals surface area contributed by atoms with Crippen LogP contribution in [0.2, 0.25) is 0 Å². The first-order valence-corrected chi connectivity index (χ1v) is 9.52. The molecule has 1 amide bonds. The fourth-order valence-corrected chi connectivity index (χ4v) is 3.82. The van der Waals surface area contributed by atoms with Crippen LogP contribution < -0.4 is 19.7 Å². The third kappa shape index (κ3) is 4.37. The van der Waals surface area contributed by atoms with E-state index in [0.29, 0.717) is 6.54 Å². The second-order valence-electron chi connectivity index (χ2n) is 6.44. The van der Waals surface area contributed by atoms with Crippen molar-refractivity contribution in [3.63, 3.8) is 0 Å². The molecule has 6 heteroatoms. The third-order valence-corrected chi connectivity index (χ3v) is 5.34. The molecule has 138 valence electrons. The summed E-state index contributed by atoms with van der Waals surface area (Å²) in [6, 6.07) is 13.7. The SMILES string of the molecule is COc1ccc(OC)c([C@@H]2CCC[NH+]2CC(=O)Nc2ccc(Br)cc2)c1. The lowest BCUT2D eigenvalue weighted by atomic mass is 10.0. The summed E-state index contributed by atoms with van der Waals surface area (Å²) >= 11 is 3.40. The first-order valence-electron chi connectivity index (χ1n) is 8.72. The number of methoxy groups -OCH3 is 2. The largest absolute Gasteiger partial charge is 0.497 e. The van der Waals surface area contributed by atoms with Gasteiger partial charge < -0.3 is 19.7 Å². The molecule has 2 N–H and O–H groups in total. The standard InChI is InChI=1S/C20H23BrN2O3/c1-25-16-9-10-19(26-2)17(12-16)18-4-3-11-23(18)13-20(24)22-15-7-5-14(21)6-8-15/h5-10,12,18H,3-4,11,13H2,1-2H3,(H,22,24)/p+1/t18-/m0/s1. The number of rotatable bonds is 6. The molecule has 1 saturated heterocycles. The molecule has 1 aliphatic heterocycles. The van der Waals surface area contributed by atoms with Crippen LogP contribution in [0.15, 0.2) is 46.9 Å². The number of anilines is 1. The Labute approximate surface area is 162 Å². The minimum absolute atomic E-state index is 0.0242. The summed E-state index contributed by atoms with van der Waals surface area (Å²) in [4.78, 5) is 13.8. The number of benzene rings is 2. The van der Waals surface area contributed by atoms with Crippen molar-refractivity contribution in [3.8, 4) is 11.5 Å². The molecule has 2 atom stereocenters. The molecule has 3 rings (SSSR count). The minimum atomic E-state index is 0.0242. The Morgan fingerprint density at radius 1 is 1.19 bits per heavy atom. The number of nitrogens with one attached hydrogen (secondary N) is 2. The normalized spacial score (nSPS) is 19.2. The average molecular weight is 420 g/mol. The van der Waals surface area contributed by atoms with E-state index < -0.39 is 0 Å². The average Bonchev–Trinajstić information content (AvgIpc) is 3.10. The van der Waals surface area contributed by atoms with E-state index in [0.717, 1.165) is 46.6 Å². The van der Waals surface area contributed by atoms with E-state index in [1.54, 1.807) is 14.2 Å². The quantitative estimate of drug-likeness (QED) is 0.756. The molecule has 1 fully saturated rings. The number of amides is 1. The summed E-state index contributed by atoms with van der Waals surface area (Å²) in [7, 11) is 3.34. The van der Waals surface area contributed by atoms with Crippen molar-refractivity contribution in [2.75, 3.05) is 32.6 Å². The number of ether oxygens (including phenoxy) is 2. The maximum atomic E-state index is 12.5. The predicted molar refractivity (Wildman–Crippen MR) is 105 cm³/mol. The number of halogens is 1. The fraction of sp³-hybridized carbons (Fsp3) is 0.350. The van der Waals surface area contributed by atoms with Crippen molar-refractivity contribution in [3.05, 3.63) is 52.5 Å². The molecular weight excluding hydrogens is 396 g/mol. The molecule has 2 aromatic carbocycles. The van der Waals surface area contributed by atoms with Crippen LogP contribution in [0.25, 0.3) is 0 Å². The Balaban J connectivity index is 1.72. The Morgan fingerprint density at radius 3 is 2.65 bits per heavy atom. The predicted octanol–water partition coefficient (Wildman–Crippen LogP) is 2.82. The Morgan fingerprint density at radius 2 is 1.96 bits per heavy atom. The second kappa shape index (κ2) is 8.56. The summed E-state index contributed by atoms with van der Waals surface area (Å²) in [5.74, 6) is 1.69. The zero-order valence-corrected chi connectivity index (χ0v) is 16.6. The van der Waals surface area contributed by atoms with Gasteiger partial charge in [0.15, 0.2) is 6.54 Å². The number of hydrogen-bond donors (Lipinski definition) is 2. The lowest BCUT2D eigenvalue weighted by Crippen LogP contribution is -3.11. The van der Waals surface area contributed by atoms with Gasteiger partial charge in [-0.3, -0.25) is 4.79 Å². The molecule has 2 aromatic rings. The zero-order valence-electron chi connectivity index (χ0n) is 15.0. The van der Waals surface area contributed by atoms with E-state index in [-0.39, 0.29) is 11.9 Å². The number of hydrogen-bond acceptors (Lipinski definition) is 3. The number of carbonyl (C=O) groups excluding carboxylic acids is 1. The van der Waals surface area contributed by atoms with E-state index in [4.69, 9.17) is 9.47 Å². The van der Waals surface area contributed by atoms with E-state index in [1.807, 2.05) is 42.5 Å². The van der Waals surface area contributed by atoms with Crippen LogP contribution in [0.4, 0.5) is 5.69 Å². The molecule has 0 spiro atoms. The molecule has 0 saturated carbocycles. The van der Waals surface area contributed by atoms with Crippen LogP contribution in [-0.4, -0.2) is 33.2 Å². The number of carbonyl (C=O) groups is 1. The first kappa shape index (κ1) is 18.7. The summed E-state index contributed by atoms with van der Waals surface area (Å²) in [6.45, 7) is 1.40. The van der Waals surface area contributed by atoms with Gasteiger partial charge in [0.1, 0.15) is 17.5 Å². The Kier molecular flexibility index (Phi) is 6.16. The topological polar surface area (TPSA) is 52.0 Å². The number of quaternary nitrogens is 1. The van der Waals surface area contributed by atoms with Gasteiger partial charge in [-0.25, -0.2) is 0 Å². The van der Waals surface area contributed by atoms with E-state index >= 15 is 0 Å². The maximum Gasteiger partial charge on any atom is 0.279 e. The van der Waals surface area contributed by atoms with E-state index in [1.165, 1.54) is 4.90 Å². The molecule has 5 nitrogen and oxygen atoms in total. The molecule has 0 aliphatic carbocycles. The zero-order chi connectivity index (χ0) is 18.5. The molecule has 0 aromatic heterocycles. The molecule has 0 bridgehead atoms. The summed E-state index contributed by atoms with van der Waals surface area (Å²) in [5.41, 5.74) is 1.92. The lowest BCUT2D eigenvalue weighted by molar-refractivity contribution is -0.910. The van der Waals surface area contributed by atoms with Gasteiger partial charge in [0, 0.05) is 23.0 Å². The van der Waals surface area contributed by atoms with Crippen molar-refractivity contribution < 1.29 is 19.2 Å². The molecule has 1 aliphatic rings. The van der Waals surface area contributed by atoms with Crippen LogP contribution >= 0.6 is 15.9 Å². The van der Waals surface area contributed by atoms with Crippen molar-refractivity contribution in [2.24, 2.45) is 0 Å². The highest BCUT2D eigenvalue weighted by atomic mass is 79.9. The van der Waals surface area contributed by atoms with Crippen molar-refractivity contribution >= 4 is 27.5 Å². The third-order valence-electron chi connectivity index (χ3n) is 4.81. The monoisotopic (exact) mass is 419 g/mol. The second-order valence-corrected chi connectivity index (χ2v) is 7.36. The van der Waals surface area contributed by atoms with E-state index in [9.17, 15) is 4.79 Å². The van der Waals surface area contributed by atoms with Crippen LogP contribution in [-0.2, 0) is 4.79 Å². The molecule has 1 unspecified atom stereocenters. The molecular formula is C20H24BrN2O3+. The van der Waals surface area contributed by atoms with Gasteiger partial charge in [0.2, 0.25) is 0 Å². The smallest absolute Gasteiger partial charge is 0.279 e. The van der Waals surface area contributed by atoms with Crippen LogP contribution in [0.1, 0.15) is 24.4 Å². The van der Waals surface area contributed by atoms with Gasteiger partial charge in [0.05, 0.1) is 26.3 Å². The Bertz CT molecular complexity index is 764. The summed E-state index contributed by atoms with van der Waals surface area (Å²) in [5, 5.41) is 2.98. The maximum absolute atomic E-state index is 12.5. The number of likely N-dealkylation sites (tertiary alicyclic amines) is 1. The highest BCUT2D eigenvalue weighted by Gasteiger charge is 2.33. The van der Waals surface area contributed by atoms with Gasteiger partial charge in [-0.2, -0.15) is 0 Å². The summed E-state index contributed by atoms with van der Waals surface area (Å²) in [6.07, 6.45) is 2.12. The molecule has 26 heavy (non-hydrogen) atoms. The van der Waals surface area contributed by atoms with Crippen molar-refractivity contribution in [2.45, 2.75) is 18.9 Å².